The summed E-state index contributed by atoms with van der Waals surface area (Å²) in [7, 11) is 0. The number of hydrogen-bond acceptors (Lipinski definition) is 4. The Balaban J connectivity index is 1.38. The molecule has 6 heteroatoms. The van der Waals surface area contributed by atoms with Crippen LogP contribution in [-0.2, 0) is 0 Å². The molecule has 2 amide bonds. The van der Waals surface area contributed by atoms with Crippen LogP contribution in [0.15, 0.2) is 84.2 Å². The van der Waals surface area contributed by atoms with E-state index in [2.05, 4.69) is 39.9 Å². The first-order chi connectivity index (χ1) is 14.7. The van der Waals surface area contributed by atoms with Crippen LogP contribution >= 0.6 is 11.3 Å². The Morgan fingerprint density at radius 3 is 2.23 bits per heavy atom. The largest absolute Gasteiger partial charge is 0.494 e. The molecule has 30 heavy (non-hydrogen) atoms. The van der Waals surface area contributed by atoms with Crippen LogP contribution in [0.5, 0.6) is 5.75 Å². The number of nitrogens with zero attached hydrogens (tertiary/aromatic N) is 1. The van der Waals surface area contributed by atoms with Crippen molar-refractivity contribution >= 4 is 28.2 Å². The third kappa shape index (κ3) is 4.85. The van der Waals surface area contributed by atoms with Crippen LogP contribution in [-0.4, -0.2) is 17.6 Å². The molecule has 0 fully saturated rings. The molecule has 0 aliphatic heterocycles. The lowest BCUT2D eigenvalue weighted by atomic mass is 10.0. The SMILES string of the molecule is CCOc1ccc(NC(=O)Nc2nc(-c3ccc(-c4ccccc4)cc3)cs2)cc1. The molecule has 0 saturated carbocycles. The van der Waals surface area contributed by atoms with Crippen molar-refractivity contribution in [3.05, 3.63) is 84.2 Å². The maximum absolute atomic E-state index is 12.3. The third-order valence-electron chi connectivity index (χ3n) is 4.44. The maximum Gasteiger partial charge on any atom is 0.325 e. The topological polar surface area (TPSA) is 63.2 Å². The number of carbonyl (C=O) groups excluding carboxylic acids is 1. The molecule has 0 unspecified atom stereocenters. The normalized spacial score (nSPS) is 10.4. The third-order valence-corrected chi connectivity index (χ3v) is 5.19. The van der Waals surface area contributed by atoms with E-state index in [1.807, 2.05) is 54.8 Å². The van der Waals surface area contributed by atoms with Crippen LogP contribution < -0.4 is 15.4 Å². The van der Waals surface area contributed by atoms with Crippen LogP contribution in [0.3, 0.4) is 0 Å². The number of aromatic nitrogens is 1. The zero-order valence-corrected chi connectivity index (χ0v) is 17.3. The number of benzene rings is 3. The van der Waals surface area contributed by atoms with Gasteiger partial charge in [0.2, 0.25) is 0 Å². The van der Waals surface area contributed by atoms with Crippen LogP contribution in [0.25, 0.3) is 22.4 Å². The van der Waals surface area contributed by atoms with Crippen molar-refractivity contribution in [1.29, 1.82) is 0 Å². The van der Waals surface area contributed by atoms with Crippen LogP contribution in [0.1, 0.15) is 6.92 Å². The second-order valence-corrected chi connectivity index (χ2v) is 7.38. The van der Waals surface area contributed by atoms with Gasteiger partial charge in [-0.05, 0) is 42.3 Å². The van der Waals surface area contributed by atoms with Gasteiger partial charge in [0.25, 0.3) is 0 Å². The zero-order chi connectivity index (χ0) is 20.8. The highest BCUT2D eigenvalue weighted by molar-refractivity contribution is 7.14. The highest BCUT2D eigenvalue weighted by atomic mass is 32.1. The molecule has 5 nitrogen and oxygen atoms in total. The number of thiazole rings is 1. The molecular weight excluding hydrogens is 394 g/mol. The van der Waals surface area contributed by atoms with Crippen molar-refractivity contribution in [1.82, 2.24) is 4.98 Å². The molecule has 0 radical (unpaired) electrons. The first kappa shape index (κ1) is 19.7. The van der Waals surface area contributed by atoms with Crippen LogP contribution in [0, 0.1) is 0 Å². The van der Waals surface area contributed by atoms with Gasteiger partial charge in [-0.25, -0.2) is 9.78 Å². The zero-order valence-electron chi connectivity index (χ0n) is 16.5. The van der Waals surface area contributed by atoms with Gasteiger partial charge in [-0.1, -0.05) is 54.6 Å². The lowest BCUT2D eigenvalue weighted by Gasteiger charge is -2.07. The van der Waals surface area contributed by atoms with Crippen molar-refractivity contribution in [3.63, 3.8) is 0 Å². The number of anilines is 2. The summed E-state index contributed by atoms with van der Waals surface area (Å²) in [5.41, 5.74) is 4.85. The minimum absolute atomic E-state index is 0.334. The molecule has 4 aromatic rings. The molecule has 1 aromatic heterocycles. The number of carbonyl (C=O) groups is 1. The number of nitrogens with one attached hydrogen (secondary N) is 2. The average Bonchev–Trinajstić information content (AvgIpc) is 3.24. The van der Waals surface area contributed by atoms with Crippen molar-refractivity contribution in [2.24, 2.45) is 0 Å². The summed E-state index contributed by atoms with van der Waals surface area (Å²) in [6, 6.07) is 25.4. The van der Waals surface area contributed by atoms with E-state index < -0.39 is 0 Å². The Morgan fingerprint density at radius 2 is 1.53 bits per heavy atom. The molecule has 0 atom stereocenters. The minimum Gasteiger partial charge on any atom is -0.494 e. The predicted molar refractivity (Wildman–Crippen MR) is 123 cm³/mol. The van der Waals surface area contributed by atoms with E-state index in [1.54, 1.807) is 12.1 Å². The number of amides is 2. The Bertz CT molecular complexity index is 1110. The predicted octanol–water partition coefficient (Wildman–Crippen LogP) is 6.52. The van der Waals surface area contributed by atoms with Crippen molar-refractivity contribution in [3.8, 4) is 28.1 Å². The fourth-order valence-corrected chi connectivity index (χ4v) is 3.70. The average molecular weight is 416 g/mol. The summed E-state index contributed by atoms with van der Waals surface area (Å²) in [5.74, 6) is 0.770. The number of ether oxygens (including phenoxy) is 1. The highest BCUT2D eigenvalue weighted by Gasteiger charge is 2.09. The molecular formula is C24H21N3O2S. The fraction of sp³-hybridized carbons (Fsp3) is 0.0833. The van der Waals surface area contributed by atoms with Crippen LogP contribution in [0.2, 0.25) is 0 Å². The van der Waals surface area contributed by atoms with Gasteiger partial charge < -0.3 is 10.1 Å². The molecule has 0 bridgehead atoms. The Kier molecular flexibility index (Phi) is 6.06. The van der Waals surface area contributed by atoms with Crippen molar-refractivity contribution < 1.29 is 9.53 Å². The summed E-state index contributed by atoms with van der Waals surface area (Å²) in [4.78, 5) is 16.8. The van der Waals surface area contributed by atoms with E-state index in [9.17, 15) is 4.79 Å². The molecule has 0 spiro atoms. The Hall–Kier alpha value is -3.64. The second-order valence-electron chi connectivity index (χ2n) is 6.52. The van der Waals surface area contributed by atoms with E-state index in [-0.39, 0.29) is 6.03 Å². The molecule has 3 aromatic carbocycles. The standard InChI is InChI=1S/C24H21N3O2S/c1-2-29-21-14-12-20(13-15-21)25-23(28)27-24-26-22(16-30-24)19-10-8-18(9-11-19)17-6-4-3-5-7-17/h3-16H,2H2,1H3,(H2,25,26,27,28). The van der Waals surface area contributed by atoms with Gasteiger partial charge >= 0.3 is 6.03 Å². The molecule has 0 aliphatic rings. The molecule has 0 saturated heterocycles. The summed E-state index contributed by atoms with van der Waals surface area (Å²) >= 11 is 1.39. The van der Waals surface area contributed by atoms with E-state index >= 15 is 0 Å². The van der Waals surface area contributed by atoms with Gasteiger partial charge in [-0.3, -0.25) is 5.32 Å². The Morgan fingerprint density at radius 1 is 0.867 bits per heavy atom. The minimum atomic E-state index is -0.334. The molecule has 4 rings (SSSR count). The summed E-state index contributed by atoms with van der Waals surface area (Å²) in [5, 5.41) is 8.06. The van der Waals surface area contributed by atoms with Crippen LogP contribution in [0.4, 0.5) is 15.6 Å². The van der Waals surface area contributed by atoms with Gasteiger partial charge in [0.05, 0.1) is 12.3 Å². The first-order valence-electron chi connectivity index (χ1n) is 9.63. The monoisotopic (exact) mass is 415 g/mol. The van der Waals surface area contributed by atoms with E-state index in [4.69, 9.17) is 4.74 Å². The van der Waals surface area contributed by atoms with Gasteiger partial charge in [-0.15, -0.1) is 11.3 Å². The van der Waals surface area contributed by atoms with Gasteiger partial charge in [0, 0.05) is 16.6 Å². The molecule has 2 N–H and O–H groups in total. The van der Waals surface area contributed by atoms with Gasteiger partial charge in [0.1, 0.15) is 5.75 Å². The highest BCUT2D eigenvalue weighted by Crippen LogP contribution is 2.27. The maximum atomic E-state index is 12.3. The molecule has 0 aliphatic carbocycles. The van der Waals surface area contributed by atoms with E-state index in [1.165, 1.54) is 16.9 Å². The van der Waals surface area contributed by atoms with Crippen molar-refractivity contribution in [2.45, 2.75) is 6.92 Å². The van der Waals surface area contributed by atoms with Crippen molar-refractivity contribution in [2.75, 3.05) is 17.2 Å². The fourth-order valence-electron chi connectivity index (χ4n) is 2.99. The molecule has 150 valence electrons. The molecule has 1 heterocycles. The number of rotatable bonds is 6. The smallest absolute Gasteiger partial charge is 0.325 e. The lowest BCUT2D eigenvalue weighted by Crippen LogP contribution is -2.19. The van der Waals surface area contributed by atoms with Gasteiger partial charge in [0.15, 0.2) is 5.13 Å². The quantitative estimate of drug-likeness (QED) is 0.377. The lowest BCUT2D eigenvalue weighted by molar-refractivity contribution is 0.262. The summed E-state index contributed by atoms with van der Waals surface area (Å²) in [6.45, 7) is 2.54. The number of hydrogen-bond donors (Lipinski definition) is 2. The van der Waals surface area contributed by atoms with Gasteiger partial charge in [-0.2, -0.15) is 0 Å². The van der Waals surface area contributed by atoms with E-state index in [0.29, 0.717) is 17.4 Å². The Labute approximate surface area is 179 Å². The first-order valence-corrected chi connectivity index (χ1v) is 10.5. The second kappa shape index (κ2) is 9.24. The summed E-state index contributed by atoms with van der Waals surface area (Å²) < 4.78 is 5.40. The van der Waals surface area contributed by atoms with E-state index in [0.717, 1.165) is 22.6 Å². The summed E-state index contributed by atoms with van der Waals surface area (Å²) in [6.07, 6.45) is 0. The number of urea groups is 1.